The molecule has 3 rings (SSSR count). The zero-order chi connectivity index (χ0) is 24.1. The minimum Gasteiger partial charge on any atom is -0.508 e. The number of phenols is 3. The largest absolute Gasteiger partial charge is 0.508 e. The standard InChI is InChI=1S/C29H34O4/c1-18(2)7-6-8-20(5)10-13-24-26(31)14-11-21-15-28(33-29(21)24)25-16-22(30)17-27(32)23(25)12-9-19(3)4/h7,9-11,14-17,30-32H,6,8,12-13H2,1-5H3/b20-10+. The molecule has 2 aromatic carbocycles. The Morgan fingerprint density at radius 3 is 2.18 bits per heavy atom. The van der Waals surface area contributed by atoms with Crippen molar-refractivity contribution in [3.8, 4) is 28.6 Å². The third-order valence-corrected chi connectivity index (χ3v) is 5.70. The number of hydrogen-bond donors (Lipinski definition) is 3. The lowest BCUT2D eigenvalue weighted by atomic mass is 9.99. The van der Waals surface area contributed by atoms with Gasteiger partial charge < -0.3 is 19.7 Å². The minimum atomic E-state index is -0.0260. The molecule has 4 heteroatoms. The molecule has 0 unspecified atom stereocenters. The number of rotatable bonds is 8. The summed E-state index contributed by atoms with van der Waals surface area (Å²) in [6.45, 7) is 10.3. The second-order valence-corrected chi connectivity index (χ2v) is 9.14. The molecule has 0 aliphatic carbocycles. The summed E-state index contributed by atoms with van der Waals surface area (Å²) >= 11 is 0. The first-order valence-electron chi connectivity index (χ1n) is 11.4. The van der Waals surface area contributed by atoms with Crippen LogP contribution in [0.4, 0.5) is 0 Å². The van der Waals surface area contributed by atoms with Gasteiger partial charge in [0.05, 0.1) is 0 Å². The molecule has 33 heavy (non-hydrogen) atoms. The maximum absolute atomic E-state index is 10.6. The maximum Gasteiger partial charge on any atom is 0.142 e. The van der Waals surface area contributed by atoms with Gasteiger partial charge in [-0.1, -0.05) is 34.9 Å². The predicted molar refractivity (Wildman–Crippen MR) is 136 cm³/mol. The van der Waals surface area contributed by atoms with Crippen LogP contribution in [-0.4, -0.2) is 15.3 Å². The van der Waals surface area contributed by atoms with Crippen molar-refractivity contribution < 1.29 is 19.7 Å². The lowest BCUT2D eigenvalue weighted by Crippen LogP contribution is -1.89. The summed E-state index contributed by atoms with van der Waals surface area (Å²) in [6.07, 6.45) is 9.45. The van der Waals surface area contributed by atoms with E-state index in [4.69, 9.17) is 4.42 Å². The first-order chi connectivity index (χ1) is 15.7. The molecule has 0 fully saturated rings. The first-order valence-corrected chi connectivity index (χ1v) is 11.4. The van der Waals surface area contributed by atoms with Gasteiger partial charge in [-0.2, -0.15) is 0 Å². The molecule has 0 aliphatic rings. The molecule has 1 heterocycles. The summed E-state index contributed by atoms with van der Waals surface area (Å²) in [5.74, 6) is 0.743. The van der Waals surface area contributed by atoms with Gasteiger partial charge in [0.1, 0.15) is 28.6 Å². The molecule has 4 nitrogen and oxygen atoms in total. The van der Waals surface area contributed by atoms with Crippen molar-refractivity contribution in [1.82, 2.24) is 0 Å². The second kappa shape index (κ2) is 10.5. The molecule has 0 saturated heterocycles. The van der Waals surface area contributed by atoms with Crippen molar-refractivity contribution >= 4 is 11.0 Å². The van der Waals surface area contributed by atoms with Gasteiger partial charge in [0.15, 0.2) is 0 Å². The Morgan fingerprint density at radius 2 is 1.48 bits per heavy atom. The van der Waals surface area contributed by atoms with Gasteiger partial charge in [0.25, 0.3) is 0 Å². The van der Waals surface area contributed by atoms with Gasteiger partial charge in [-0.15, -0.1) is 0 Å². The van der Waals surface area contributed by atoms with Crippen molar-refractivity contribution in [2.24, 2.45) is 0 Å². The van der Waals surface area contributed by atoms with E-state index in [1.165, 1.54) is 17.2 Å². The molecule has 1 aromatic heterocycles. The normalized spacial score (nSPS) is 11.6. The molecule has 0 saturated carbocycles. The number of hydrogen-bond acceptors (Lipinski definition) is 4. The fourth-order valence-electron chi connectivity index (χ4n) is 3.83. The summed E-state index contributed by atoms with van der Waals surface area (Å²) in [5, 5.41) is 32.0. The summed E-state index contributed by atoms with van der Waals surface area (Å²) in [4.78, 5) is 0. The Balaban J connectivity index is 2.01. The van der Waals surface area contributed by atoms with Crippen molar-refractivity contribution in [3.05, 3.63) is 76.4 Å². The van der Waals surface area contributed by atoms with Gasteiger partial charge >= 0.3 is 0 Å². The van der Waals surface area contributed by atoms with E-state index in [9.17, 15) is 15.3 Å². The summed E-state index contributed by atoms with van der Waals surface area (Å²) in [5.41, 5.74) is 6.39. The fraction of sp³-hybridized carbons (Fsp3) is 0.310. The van der Waals surface area contributed by atoms with E-state index >= 15 is 0 Å². The molecular formula is C29H34O4. The topological polar surface area (TPSA) is 73.8 Å². The van der Waals surface area contributed by atoms with Crippen molar-refractivity contribution in [3.63, 3.8) is 0 Å². The minimum absolute atomic E-state index is 0.0260. The number of phenolic OH excluding ortho intramolecular Hbond substituents is 3. The number of aromatic hydroxyl groups is 3. The molecule has 0 aliphatic heterocycles. The van der Waals surface area contributed by atoms with E-state index in [0.29, 0.717) is 35.3 Å². The molecule has 3 N–H and O–H groups in total. The van der Waals surface area contributed by atoms with Crippen LogP contribution in [0, 0.1) is 0 Å². The van der Waals surface area contributed by atoms with Gasteiger partial charge in [-0.3, -0.25) is 0 Å². The van der Waals surface area contributed by atoms with E-state index in [-0.39, 0.29) is 17.2 Å². The first kappa shape index (κ1) is 24.2. The van der Waals surface area contributed by atoms with E-state index in [1.807, 2.05) is 32.1 Å². The highest BCUT2D eigenvalue weighted by molar-refractivity contribution is 5.88. The third-order valence-electron chi connectivity index (χ3n) is 5.70. The van der Waals surface area contributed by atoms with Crippen LogP contribution in [0.25, 0.3) is 22.3 Å². The predicted octanol–water partition coefficient (Wildman–Crippen LogP) is 7.96. The molecule has 0 atom stereocenters. The SMILES string of the molecule is CC(C)=CCC/C(C)=C/Cc1c(O)ccc2cc(-c3cc(O)cc(O)c3CC=C(C)C)oc12. The number of allylic oxidation sites excluding steroid dienone is 6. The van der Waals surface area contributed by atoms with Crippen molar-refractivity contribution in [1.29, 1.82) is 0 Å². The maximum atomic E-state index is 10.6. The molecule has 0 amide bonds. The van der Waals surface area contributed by atoms with Crippen LogP contribution < -0.4 is 0 Å². The summed E-state index contributed by atoms with van der Waals surface area (Å²) in [7, 11) is 0. The van der Waals surface area contributed by atoms with Crippen LogP contribution in [0.15, 0.2) is 69.7 Å². The molecule has 174 valence electrons. The Bertz CT molecular complexity index is 1230. The van der Waals surface area contributed by atoms with Crippen LogP contribution in [0.5, 0.6) is 17.2 Å². The lowest BCUT2D eigenvalue weighted by Gasteiger charge is -2.09. The Labute approximate surface area is 196 Å². The summed E-state index contributed by atoms with van der Waals surface area (Å²) in [6, 6.07) is 8.36. The van der Waals surface area contributed by atoms with E-state index < -0.39 is 0 Å². The smallest absolute Gasteiger partial charge is 0.142 e. The number of fused-ring (bicyclic) bond motifs is 1. The molecule has 0 radical (unpaired) electrons. The highest BCUT2D eigenvalue weighted by Gasteiger charge is 2.18. The van der Waals surface area contributed by atoms with Crippen LogP contribution >= 0.6 is 0 Å². The van der Waals surface area contributed by atoms with Gasteiger partial charge in [0.2, 0.25) is 0 Å². The van der Waals surface area contributed by atoms with E-state index in [0.717, 1.165) is 29.4 Å². The summed E-state index contributed by atoms with van der Waals surface area (Å²) < 4.78 is 6.23. The average Bonchev–Trinajstić information content (AvgIpc) is 3.15. The molecule has 3 aromatic rings. The Morgan fingerprint density at radius 1 is 0.788 bits per heavy atom. The lowest BCUT2D eigenvalue weighted by molar-refractivity contribution is 0.446. The van der Waals surface area contributed by atoms with Crippen LogP contribution in [0.3, 0.4) is 0 Å². The molecular weight excluding hydrogens is 412 g/mol. The van der Waals surface area contributed by atoms with Gasteiger partial charge in [-0.25, -0.2) is 0 Å². The fourth-order valence-corrected chi connectivity index (χ4v) is 3.83. The van der Waals surface area contributed by atoms with Crippen LogP contribution in [0.1, 0.15) is 58.6 Å². The monoisotopic (exact) mass is 446 g/mol. The average molecular weight is 447 g/mol. The highest BCUT2D eigenvalue weighted by Crippen LogP contribution is 2.39. The zero-order valence-corrected chi connectivity index (χ0v) is 20.2. The van der Waals surface area contributed by atoms with Crippen LogP contribution in [-0.2, 0) is 12.8 Å². The molecule has 0 spiro atoms. The van der Waals surface area contributed by atoms with Gasteiger partial charge in [-0.05, 0) is 84.6 Å². The Kier molecular flexibility index (Phi) is 7.70. The van der Waals surface area contributed by atoms with Crippen molar-refractivity contribution in [2.45, 2.75) is 60.3 Å². The highest BCUT2D eigenvalue weighted by atomic mass is 16.3. The van der Waals surface area contributed by atoms with E-state index in [2.05, 4.69) is 32.9 Å². The van der Waals surface area contributed by atoms with Crippen molar-refractivity contribution in [2.75, 3.05) is 0 Å². The van der Waals surface area contributed by atoms with Crippen LogP contribution in [0.2, 0.25) is 0 Å². The van der Waals surface area contributed by atoms with E-state index in [1.54, 1.807) is 12.1 Å². The number of benzene rings is 2. The second-order valence-electron chi connectivity index (χ2n) is 9.14. The van der Waals surface area contributed by atoms with Gasteiger partial charge in [0, 0.05) is 28.1 Å². The Hall–Kier alpha value is -3.40. The molecule has 0 bridgehead atoms. The number of furan rings is 1. The quantitative estimate of drug-likeness (QED) is 0.307. The third kappa shape index (κ3) is 6.10. The zero-order valence-electron chi connectivity index (χ0n) is 20.2.